The van der Waals surface area contributed by atoms with Crippen molar-refractivity contribution in [1.82, 2.24) is 10.2 Å². The van der Waals surface area contributed by atoms with E-state index in [2.05, 4.69) is 37.9 Å². The second-order valence-corrected chi connectivity index (χ2v) is 5.96. The van der Waals surface area contributed by atoms with Crippen LogP contribution in [0.3, 0.4) is 0 Å². The van der Waals surface area contributed by atoms with Gasteiger partial charge >= 0.3 is 0 Å². The lowest BCUT2D eigenvalue weighted by atomic mass is 10.0. The standard InChI is InChI=1S/C15H32N2/c1-5-15(6-2)17(11-13(3)4)12-14-9-7-8-10-16-14/h13-16H,5-12H2,1-4H3. The zero-order valence-electron chi connectivity index (χ0n) is 12.3. The van der Waals surface area contributed by atoms with Crippen LogP contribution in [-0.4, -0.2) is 36.6 Å². The molecule has 1 fully saturated rings. The number of nitrogens with zero attached hydrogens (tertiary/aromatic N) is 1. The van der Waals surface area contributed by atoms with Crippen LogP contribution >= 0.6 is 0 Å². The molecule has 1 unspecified atom stereocenters. The minimum absolute atomic E-state index is 0.739. The van der Waals surface area contributed by atoms with Gasteiger partial charge in [0.1, 0.15) is 0 Å². The van der Waals surface area contributed by atoms with E-state index in [1.165, 1.54) is 51.7 Å². The quantitative estimate of drug-likeness (QED) is 0.735. The van der Waals surface area contributed by atoms with Crippen LogP contribution in [0.5, 0.6) is 0 Å². The molecular weight excluding hydrogens is 208 g/mol. The summed E-state index contributed by atoms with van der Waals surface area (Å²) in [6, 6.07) is 1.52. The SMILES string of the molecule is CCC(CC)N(CC(C)C)CC1CCCCN1. The van der Waals surface area contributed by atoms with Gasteiger partial charge in [0.05, 0.1) is 0 Å². The second-order valence-electron chi connectivity index (χ2n) is 5.96. The monoisotopic (exact) mass is 240 g/mol. The van der Waals surface area contributed by atoms with E-state index in [0.717, 1.165) is 18.0 Å². The summed E-state index contributed by atoms with van der Waals surface area (Å²) in [4.78, 5) is 2.73. The van der Waals surface area contributed by atoms with Gasteiger partial charge in [-0.3, -0.25) is 4.90 Å². The lowest BCUT2D eigenvalue weighted by Crippen LogP contribution is -2.48. The smallest absolute Gasteiger partial charge is 0.0195 e. The highest BCUT2D eigenvalue weighted by atomic mass is 15.2. The molecule has 2 nitrogen and oxygen atoms in total. The highest BCUT2D eigenvalue weighted by Crippen LogP contribution is 2.15. The molecule has 1 N–H and O–H groups in total. The zero-order chi connectivity index (χ0) is 12.7. The first kappa shape index (κ1) is 15.0. The fraction of sp³-hybridized carbons (Fsp3) is 1.00. The van der Waals surface area contributed by atoms with E-state index in [9.17, 15) is 0 Å². The van der Waals surface area contributed by atoms with Crippen molar-refractivity contribution in [1.29, 1.82) is 0 Å². The third-order valence-electron chi connectivity index (χ3n) is 3.93. The number of nitrogens with one attached hydrogen (secondary N) is 1. The molecule has 1 heterocycles. The van der Waals surface area contributed by atoms with E-state index in [1.807, 2.05) is 0 Å². The molecule has 1 aliphatic rings. The molecule has 0 aliphatic carbocycles. The summed E-state index contributed by atoms with van der Waals surface area (Å²) in [7, 11) is 0. The maximum atomic E-state index is 3.68. The number of hydrogen-bond acceptors (Lipinski definition) is 2. The minimum Gasteiger partial charge on any atom is -0.313 e. The van der Waals surface area contributed by atoms with Gasteiger partial charge < -0.3 is 5.32 Å². The first-order valence-electron chi connectivity index (χ1n) is 7.64. The Balaban J connectivity index is 2.48. The van der Waals surface area contributed by atoms with E-state index in [0.29, 0.717) is 0 Å². The van der Waals surface area contributed by atoms with E-state index < -0.39 is 0 Å². The highest BCUT2D eigenvalue weighted by molar-refractivity contribution is 4.80. The predicted molar refractivity (Wildman–Crippen MR) is 76.4 cm³/mol. The molecule has 1 rings (SSSR count). The minimum atomic E-state index is 0.739. The van der Waals surface area contributed by atoms with Crippen LogP contribution in [-0.2, 0) is 0 Å². The Morgan fingerprint density at radius 3 is 2.35 bits per heavy atom. The van der Waals surface area contributed by atoms with E-state index in [4.69, 9.17) is 0 Å². The summed E-state index contributed by atoms with van der Waals surface area (Å²) in [5.41, 5.74) is 0. The average molecular weight is 240 g/mol. The molecule has 1 saturated heterocycles. The van der Waals surface area contributed by atoms with Crippen molar-refractivity contribution < 1.29 is 0 Å². The van der Waals surface area contributed by atoms with Gasteiger partial charge in [-0.1, -0.05) is 34.1 Å². The first-order valence-corrected chi connectivity index (χ1v) is 7.64. The molecular formula is C15H32N2. The van der Waals surface area contributed by atoms with Crippen LogP contribution < -0.4 is 5.32 Å². The Bertz CT molecular complexity index is 181. The molecule has 0 aromatic heterocycles. The van der Waals surface area contributed by atoms with Crippen molar-refractivity contribution in [3.05, 3.63) is 0 Å². The molecule has 0 bridgehead atoms. The number of hydrogen-bond donors (Lipinski definition) is 1. The van der Waals surface area contributed by atoms with Gasteiger partial charge in [0.2, 0.25) is 0 Å². The van der Waals surface area contributed by atoms with Crippen molar-refractivity contribution in [3.63, 3.8) is 0 Å². The molecule has 17 heavy (non-hydrogen) atoms. The fourth-order valence-electron chi connectivity index (χ4n) is 3.01. The predicted octanol–water partition coefficient (Wildman–Crippen LogP) is 3.28. The van der Waals surface area contributed by atoms with Gasteiger partial charge in [-0.25, -0.2) is 0 Å². The Morgan fingerprint density at radius 2 is 1.88 bits per heavy atom. The topological polar surface area (TPSA) is 15.3 Å². The molecule has 0 amide bonds. The van der Waals surface area contributed by atoms with Crippen molar-refractivity contribution in [2.75, 3.05) is 19.6 Å². The van der Waals surface area contributed by atoms with Gasteiger partial charge in [0, 0.05) is 25.2 Å². The number of piperidine rings is 1. The second kappa shape index (κ2) is 8.10. The maximum Gasteiger partial charge on any atom is 0.0195 e. The molecule has 2 heteroatoms. The summed E-state index contributed by atoms with van der Waals surface area (Å²) in [6.07, 6.45) is 6.72. The summed E-state index contributed by atoms with van der Waals surface area (Å²) in [6.45, 7) is 13.1. The third kappa shape index (κ3) is 5.39. The summed E-state index contributed by atoms with van der Waals surface area (Å²) < 4.78 is 0. The maximum absolute atomic E-state index is 3.68. The Labute approximate surface area is 108 Å². The molecule has 0 spiro atoms. The van der Waals surface area contributed by atoms with Crippen molar-refractivity contribution in [3.8, 4) is 0 Å². The van der Waals surface area contributed by atoms with Crippen LogP contribution in [0.4, 0.5) is 0 Å². The molecule has 0 radical (unpaired) electrons. The first-order chi connectivity index (χ1) is 8.17. The van der Waals surface area contributed by atoms with Gasteiger partial charge in [-0.2, -0.15) is 0 Å². The van der Waals surface area contributed by atoms with E-state index >= 15 is 0 Å². The third-order valence-corrected chi connectivity index (χ3v) is 3.93. The highest BCUT2D eigenvalue weighted by Gasteiger charge is 2.21. The van der Waals surface area contributed by atoms with Crippen molar-refractivity contribution in [2.24, 2.45) is 5.92 Å². The Kier molecular flexibility index (Phi) is 7.14. The molecule has 1 atom stereocenters. The van der Waals surface area contributed by atoms with Crippen LogP contribution in [0.1, 0.15) is 59.8 Å². The van der Waals surface area contributed by atoms with Gasteiger partial charge in [-0.15, -0.1) is 0 Å². The van der Waals surface area contributed by atoms with Gasteiger partial charge in [0.25, 0.3) is 0 Å². The summed E-state index contributed by atoms with van der Waals surface area (Å²) in [5.74, 6) is 0.777. The van der Waals surface area contributed by atoms with Crippen LogP contribution in [0.25, 0.3) is 0 Å². The largest absolute Gasteiger partial charge is 0.313 e. The average Bonchev–Trinajstić information content (AvgIpc) is 2.31. The fourth-order valence-corrected chi connectivity index (χ4v) is 3.01. The van der Waals surface area contributed by atoms with Gasteiger partial charge in [0.15, 0.2) is 0 Å². The molecule has 0 aromatic carbocycles. The number of rotatable bonds is 7. The van der Waals surface area contributed by atoms with Crippen molar-refractivity contribution >= 4 is 0 Å². The molecule has 0 saturated carbocycles. The lowest BCUT2D eigenvalue weighted by Gasteiger charge is -2.36. The molecule has 102 valence electrons. The molecule has 0 aromatic rings. The Hall–Kier alpha value is -0.0800. The van der Waals surface area contributed by atoms with Gasteiger partial charge in [-0.05, 0) is 38.1 Å². The Morgan fingerprint density at radius 1 is 1.18 bits per heavy atom. The van der Waals surface area contributed by atoms with Crippen LogP contribution in [0, 0.1) is 5.92 Å². The van der Waals surface area contributed by atoms with Crippen LogP contribution in [0.2, 0.25) is 0 Å². The summed E-state index contributed by atoms with van der Waals surface area (Å²) >= 11 is 0. The van der Waals surface area contributed by atoms with Crippen LogP contribution in [0.15, 0.2) is 0 Å². The normalized spacial score (nSPS) is 21.7. The lowest BCUT2D eigenvalue weighted by molar-refractivity contribution is 0.141. The van der Waals surface area contributed by atoms with E-state index in [1.54, 1.807) is 0 Å². The van der Waals surface area contributed by atoms with Crippen molar-refractivity contribution in [2.45, 2.75) is 71.9 Å². The van der Waals surface area contributed by atoms with E-state index in [-0.39, 0.29) is 0 Å². The zero-order valence-corrected chi connectivity index (χ0v) is 12.3. The summed E-state index contributed by atoms with van der Waals surface area (Å²) in [5, 5.41) is 3.68. The molecule has 1 aliphatic heterocycles.